The molecule has 1 saturated heterocycles. The normalized spacial score (nSPS) is 24.2. The van der Waals surface area contributed by atoms with Crippen LogP contribution in [0.3, 0.4) is 0 Å². The molecule has 0 spiro atoms. The van der Waals surface area contributed by atoms with E-state index in [1.807, 2.05) is 0 Å². The fourth-order valence-corrected chi connectivity index (χ4v) is 1.60. The van der Waals surface area contributed by atoms with E-state index < -0.39 is 23.1 Å². The molecule has 1 atom stereocenters. The fraction of sp³-hybridized carbons (Fsp3) is 0.727. The minimum Gasteiger partial charge on any atom is -0.548 e. The highest BCUT2D eigenvalue weighted by Crippen LogP contribution is 2.30. The fourth-order valence-electron chi connectivity index (χ4n) is 1.60. The molecule has 1 aliphatic rings. The molecule has 0 aromatic rings. The minimum absolute atomic E-state index is 0.0745. The molecule has 0 radical (unpaired) electrons. The average molecular weight is 239 g/mol. The quantitative estimate of drug-likeness (QED) is 0.636. The lowest BCUT2D eigenvalue weighted by atomic mass is 9.89. The number of carboxylic acid groups (broad SMARTS) is 1. The molecule has 1 fully saturated rings. The van der Waals surface area contributed by atoms with Crippen LogP contribution in [0.2, 0.25) is 0 Å². The van der Waals surface area contributed by atoms with E-state index in [1.165, 1.54) is 4.90 Å². The standard InChI is InChI=1S/C11H16N2O4/c1-10(2,3)17-9(16)13-5-4-11(6-12,7-13)8(14)15/h4-5,7H2,1-3H3,(H,14,15)/p-1. The molecule has 1 rings (SSSR count). The average Bonchev–Trinajstić information content (AvgIpc) is 2.60. The van der Waals surface area contributed by atoms with E-state index in [-0.39, 0.29) is 19.5 Å². The third kappa shape index (κ3) is 2.87. The first-order chi connectivity index (χ1) is 7.70. The number of carbonyl (C=O) groups excluding carboxylic acids is 2. The molecule has 6 heteroatoms. The number of ether oxygens (including phenoxy) is 1. The van der Waals surface area contributed by atoms with Crippen LogP contribution in [0, 0.1) is 16.7 Å². The lowest BCUT2D eigenvalue weighted by molar-refractivity contribution is -0.315. The van der Waals surface area contributed by atoms with Crippen LogP contribution in [0.25, 0.3) is 0 Å². The molecule has 1 heterocycles. The Kier molecular flexibility index (Phi) is 3.32. The van der Waals surface area contributed by atoms with E-state index in [2.05, 4.69) is 0 Å². The van der Waals surface area contributed by atoms with Crippen molar-refractivity contribution in [1.29, 1.82) is 5.26 Å². The number of aliphatic carboxylic acids is 1. The number of carbonyl (C=O) groups is 2. The van der Waals surface area contributed by atoms with E-state index in [1.54, 1.807) is 26.8 Å². The smallest absolute Gasteiger partial charge is 0.410 e. The number of carboxylic acids is 1. The van der Waals surface area contributed by atoms with Crippen molar-refractivity contribution in [2.24, 2.45) is 5.41 Å². The highest BCUT2D eigenvalue weighted by atomic mass is 16.6. The molecule has 1 aliphatic heterocycles. The molecule has 1 amide bonds. The molecule has 6 nitrogen and oxygen atoms in total. The van der Waals surface area contributed by atoms with Gasteiger partial charge in [0.2, 0.25) is 0 Å². The topological polar surface area (TPSA) is 93.5 Å². The zero-order valence-corrected chi connectivity index (χ0v) is 10.1. The van der Waals surface area contributed by atoms with Crippen LogP contribution in [-0.4, -0.2) is 35.7 Å². The second-order valence-electron chi connectivity index (χ2n) is 5.13. The third-order valence-corrected chi connectivity index (χ3v) is 2.53. The number of hydrogen-bond acceptors (Lipinski definition) is 5. The molecule has 0 aliphatic carbocycles. The van der Waals surface area contributed by atoms with Gasteiger partial charge in [-0.15, -0.1) is 0 Å². The first-order valence-electron chi connectivity index (χ1n) is 5.31. The van der Waals surface area contributed by atoms with Crippen molar-refractivity contribution in [2.75, 3.05) is 13.1 Å². The summed E-state index contributed by atoms with van der Waals surface area (Å²) in [6.45, 7) is 5.17. The van der Waals surface area contributed by atoms with Crippen molar-refractivity contribution >= 4 is 12.1 Å². The van der Waals surface area contributed by atoms with Crippen LogP contribution < -0.4 is 5.11 Å². The monoisotopic (exact) mass is 239 g/mol. The van der Waals surface area contributed by atoms with E-state index in [0.29, 0.717) is 0 Å². The number of hydrogen-bond donors (Lipinski definition) is 0. The lowest BCUT2D eigenvalue weighted by Gasteiger charge is -2.26. The van der Waals surface area contributed by atoms with Gasteiger partial charge in [0.15, 0.2) is 0 Å². The summed E-state index contributed by atoms with van der Waals surface area (Å²) in [7, 11) is 0. The highest BCUT2D eigenvalue weighted by molar-refractivity contribution is 5.79. The Morgan fingerprint density at radius 1 is 1.47 bits per heavy atom. The van der Waals surface area contributed by atoms with Crippen LogP contribution in [0.15, 0.2) is 0 Å². The minimum atomic E-state index is -1.60. The maximum Gasteiger partial charge on any atom is 0.410 e. The van der Waals surface area contributed by atoms with Crippen molar-refractivity contribution in [2.45, 2.75) is 32.8 Å². The number of nitrogens with zero attached hydrogens (tertiary/aromatic N) is 2. The molecule has 94 valence electrons. The van der Waals surface area contributed by atoms with Crippen LogP contribution in [-0.2, 0) is 9.53 Å². The summed E-state index contributed by atoms with van der Waals surface area (Å²) in [6.07, 6.45) is -0.527. The van der Waals surface area contributed by atoms with Gasteiger partial charge in [0.05, 0.1) is 12.0 Å². The number of nitriles is 1. The van der Waals surface area contributed by atoms with Gasteiger partial charge in [0.25, 0.3) is 0 Å². The Labute approximate surface area is 99.8 Å². The van der Waals surface area contributed by atoms with E-state index >= 15 is 0 Å². The zero-order valence-electron chi connectivity index (χ0n) is 10.1. The number of rotatable bonds is 1. The highest BCUT2D eigenvalue weighted by Gasteiger charge is 2.42. The lowest BCUT2D eigenvalue weighted by Crippen LogP contribution is -2.44. The second kappa shape index (κ2) is 4.24. The van der Waals surface area contributed by atoms with Gasteiger partial charge in [-0.1, -0.05) is 0 Å². The Morgan fingerprint density at radius 3 is 2.41 bits per heavy atom. The molecular formula is C11H15N2O4-. The predicted octanol–water partition coefficient (Wildman–Crippen LogP) is -0.113. The van der Waals surface area contributed by atoms with Gasteiger partial charge >= 0.3 is 6.09 Å². The van der Waals surface area contributed by atoms with Gasteiger partial charge in [-0.2, -0.15) is 5.26 Å². The molecular weight excluding hydrogens is 224 g/mol. The van der Waals surface area contributed by atoms with Crippen molar-refractivity contribution in [3.05, 3.63) is 0 Å². The molecule has 0 aromatic heterocycles. The Hall–Kier alpha value is -1.77. The summed E-state index contributed by atoms with van der Waals surface area (Å²) in [4.78, 5) is 23.8. The van der Waals surface area contributed by atoms with E-state index in [9.17, 15) is 14.7 Å². The van der Waals surface area contributed by atoms with E-state index in [0.717, 1.165) is 0 Å². The molecule has 1 unspecified atom stereocenters. The van der Waals surface area contributed by atoms with Gasteiger partial charge < -0.3 is 19.5 Å². The largest absolute Gasteiger partial charge is 0.548 e. The Bertz CT molecular complexity index is 380. The third-order valence-electron chi connectivity index (χ3n) is 2.53. The van der Waals surface area contributed by atoms with Crippen LogP contribution in [0.1, 0.15) is 27.2 Å². The molecule has 0 saturated carbocycles. The molecule has 0 bridgehead atoms. The zero-order chi connectivity index (χ0) is 13.3. The van der Waals surface area contributed by atoms with Crippen LogP contribution in [0.5, 0.6) is 0 Å². The van der Waals surface area contributed by atoms with Gasteiger partial charge in [0.1, 0.15) is 11.0 Å². The van der Waals surface area contributed by atoms with Crippen LogP contribution >= 0.6 is 0 Å². The first kappa shape index (κ1) is 13.3. The summed E-state index contributed by atoms with van der Waals surface area (Å²) in [5, 5.41) is 19.8. The summed E-state index contributed by atoms with van der Waals surface area (Å²) in [6, 6.07) is 1.71. The SMILES string of the molecule is CC(C)(C)OC(=O)N1CCC(C#N)(C(=O)[O-])C1. The maximum atomic E-state index is 11.7. The number of amides is 1. The van der Waals surface area contributed by atoms with Crippen LogP contribution in [0.4, 0.5) is 4.79 Å². The summed E-state index contributed by atoms with van der Waals surface area (Å²) in [5.74, 6) is -1.44. The van der Waals surface area contributed by atoms with Gasteiger partial charge in [0, 0.05) is 13.1 Å². The summed E-state index contributed by atoms with van der Waals surface area (Å²) in [5.41, 5.74) is -2.24. The van der Waals surface area contributed by atoms with Crippen molar-refractivity contribution in [1.82, 2.24) is 4.90 Å². The Morgan fingerprint density at radius 2 is 2.06 bits per heavy atom. The van der Waals surface area contributed by atoms with E-state index in [4.69, 9.17) is 10.00 Å². The van der Waals surface area contributed by atoms with Gasteiger partial charge in [-0.05, 0) is 27.2 Å². The van der Waals surface area contributed by atoms with Crippen molar-refractivity contribution in [3.63, 3.8) is 0 Å². The van der Waals surface area contributed by atoms with Gasteiger partial charge in [-0.3, -0.25) is 0 Å². The van der Waals surface area contributed by atoms with Crippen molar-refractivity contribution in [3.8, 4) is 6.07 Å². The maximum absolute atomic E-state index is 11.7. The number of likely N-dealkylation sites (tertiary alicyclic amines) is 1. The second-order valence-corrected chi connectivity index (χ2v) is 5.13. The summed E-state index contributed by atoms with van der Waals surface area (Å²) < 4.78 is 5.10. The molecule has 17 heavy (non-hydrogen) atoms. The molecule has 0 aromatic carbocycles. The Balaban J connectivity index is 2.71. The predicted molar refractivity (Wildman–Crippen MR) is 55.5 cm³/mol. The summed E-state index contributed by atoms with van der Waals surface area (Å²) >= 11 is 0. The molecule has 0 N–H and O–H groups in total. The first-order valence-corrected chi connectivity index (χ1v) is 5.31. The van der Waals surface area contributed by atoms with Crippen molar-refractivity contribution < 1.29 is 19.4 Å². The van der Waals surface area contributed by atoms with Gasteiger partial charge in [-0.25, -0.2) is 4.79 Å².